The van der Waals surface area contributed by atoms with E-state index >= 15 is 0 Å². The van der Waals surface area contributed by atoms with Crippen molar-refractivity contribution in [3.63, 3.8) is 0 Å². The number of carboxylic acids is 1. The second kappa shape index (κ2) is 5.16. The maximum atomic E-state index is 12.2. The number of anilines is 1. The van der Waals surface area contributed by atoms with Crippen molar-refractivity contribution >= 4 is 17.7 Å². The van der Waals surface area contributed by atoms with Crippen molar-refractivity contribution in [2.24, 2.45) is 5.92 Å². The van der Waals surface area contributed by atoms with Crippen LogP contribution < -0.4 is 4.90 Å². The van der Waals surface area contributed by atoms with E-state index in [9.17, 15) is 9.59 Å². The maximum Gasteiger partial charge on any atom is 0.335 e. The van der Waals surface area contributed by atoms with Crippen molar-refractivity contribution in [2.75, 3.05) is 11.9 Å². The van der Waals surface area contributed by atoms with Gasteiger partial charge in [-0.25, -0.2) is 9.78 Å². The number of hydrogen-bond donors (Lipinski definition) is 1. The van der Waals surface area contributed by atoms with Gasteiger partial charge in [-0.2, -0.15) is 0 Å². The van der Waals surface area contributed by atoms with E-state index in [1.807, 2.05) is 0 Å². The lowest BCUT2D eigenvalue weighted by Gasteiger charge is -2.20. The summed E-state index contributed by atoms with van der Waals surface area (Å²) in [7, 11) is 1.65. The SMILES string of the molecule is CN(C(=O)C1CCCC1)c1cc(C(=O)O)ccn1. The number of carboxylic acid groups (broad SMARTS) is 1. The Morgan fingerprint density at radius 1 is 1.39 bits per heavy atom. The van der Waals surface area contributed by atoms with Crippen LogP contribution in [-0.4, -0.2) is 29.0 Å². The number of nitrogens with zero attached hydrogens (tertiary/aromatic N) is 2. The zero-order chi connectivity index (χ0) is 13.1. The van der Waals surface area contributed by atoms with Gasteiger partial charge >= 0.3 is 5.97 Å². The van der Waals surface area contributed by atoms with E-state index in [-0.39, 0.29) is 17.4 Å². The summed E-state index contributed by atoms with van der Waals surface area (Å²) in [5, 5.41) is 8.91. The first-order chi connectivity index (χ1) is 8.59. The third-order valence-electron chi connectivity index (χ3n) is 3.37. The molecule has 1 saturated carbocycles. The Morgan fingerprint density at radius 3 is 2.67 bits per heavy atom. The first-order valence-corrected chi connectivity index (χ1v) is 6.06. The number of aromatic carboxylic acids is 1. The molecule has 1 aromatic rings. The van der Waals surface area contributed by atoms with Gasteiger partial charge < -0.3 is 5.11 Å². The predicted molar refractivity (Wildman–Crippen MR) is 66.6 cm³/mol. The molecule has 1 aliphatic rings. The summed E-state index contributed by atoms with van der Waals surface area (Å²) in [6, 6.07) is 2.84. The van der Waals surface area contributed by atoms with Gasteiger partial charge in [0.05, 0.1) is 5.56 Å². The van der Waals surface area contributed by atoms with Crippen molar-refractivity contribution < 1.29 is 14.7 Å². The Labute approximate surface area is 105 Å². The van der Waals surface area contributed by atoms with Crippen molar-refractivity contribution in [1.29, 1.82) is 0 Å². The molecule has 1 heterocycles. The quantitative estimate of drug-likeness (QED) is 0.887. The van der Waals surface area contributed by atoms with Gasteiger partial charge in [0, 0.05) is 19.2 Å². The first-order valence-electron chi connectivity index (χ1n) is 6.06. The molecule has 2 rings (SSSR count). The number of aromatic nitrogens is 1. The molecule has 0 aliphatic heterocycles. The van der Waals surface area contributed by atoms with Crippen LogP contribution >= 0.6 is 0 Å². The Morgan fingerprint density at radius 2 is 2.06 bits per heavy atom. The van der Waals surface area contributed by atoms with Gasteiger partial charge in [0.25, 0.3) is 0 Å². The van der Waals surface area contributed by atoms with Crippen LogP contribution in [0.1, 0.15) is 36.0 Å². The number of hydrogen-bond acceptors (Lipinski definition) is 3. The minimum absolute atomic E-state index is 0.0301. The van der Waals surface area contributed by atoms with Gasteiger partial charge in [0.1, 0.15) is 5.82 Å². The summed E-state index contributed by atoms with van der Waals surface area (Å²) in [4.78, 5) is 28.6. The summed E-state index contributed by atoms with van der Waals surface area (Å²) in [6.45, 7) is 0. The van der Waals surface area contributed by atoms with E-state index in [2.05, 4.69) is 4.98 Å². The molecule has 0 bridgehead atoms. The Hall–Kier alpha value is -1.91. The number of carbonyl (C=O) groups is 2. The topological polar surface area (TPSA) is 70.5 Å². The molecule has 1 fully saturated rings. The van der Waals surface area contributed by atoms with Gasteiger partial charge in [-0.05, 0) is 25.0 Å². The molecule has 1 amide bonds. The summed E-state index contributed by atoms with van der Waals surface area (Å²) in [6.07, 6.45) is 5.43. The Balaban J connectivity index is 2.17. The highest BCUT2D eigenvalue weighted by Gasteiger charge is 2.26. The average molecular weight is 248 g/mol. The fourth-order valence-corrected chi connectivity index (χ4v) is 2.29. The van der Waals surface area contributed by atoms with E-state index in [0.717, 1.165) is 25.7 Å². The van der Waals surface area contributed by atoms with Gasteiger partial charge in [-0.15, -0.1) is 0 Å². The Kier molecular flexibility index (Phi) is 3.60. The molecule has 1 N–H and O–H groups in total. The second-order valence-corrected chi connectivity index (χ2v) is 4.59. The fraction of sp³-hybridized carbons (Fsp3) is 0.462. The van der Waals surface area contributed by atoms with Crippen LogP contribution in [0.4, 0.5) is 5.82 Å². The number of rotatable bonds is 3. The van der Waals surface area contributed by atoms with Crippen LogP contribution in [0, 0.1) is 5.92 Å². The lowest BCUT2D eigenvalue weighted by atomic mass is 10.1. The first kappa shape index (κ1) is 12.5. The predicted octanol–water partition coefficient (Wildman–Crippen LogP) is 1.93. The van der Waals surface area contributed by atoms with E-state index in [4.69, 9.17) is 5.11 Å². The van der Waals surface area contributed by atoms with Crippen LogP contribution in [0.15, 0.2) is 18.3 Å². The number of carbonyl (C=O) groups excluding carboxylic acids is 1. The van der Waals surface area contributed by atoms with Crippen LogP contribution in [0.25, 0.3) is 0 Å². The summed E-state index contributed by atoms with van der Waals surface area (Å²) >= 11 is 0. The molecular weight excluding hydrogens is 232 g/mol. The monoisotopic (exact) mass is 248 g/mol. The highest BCUT2D eigenvalue weighted by Crippen LogP contribution is 2.27. The van der Waals surface area contributed by atoms with Crippen LogP contribution in [-0.2, 0) is 4.79 Å². The van der Waals surface area contributed by atoms with Crippen molar-refractivity contribution in [1.82, 2.24) is 4.98 Å². The van der Waals surface area contributed by atoms with Crippen LogP contribution in [0.3, 0.4) is 0 Å². The normalized spacial score (nSPS) is 15.6. The average Bonchev–Trinajstić information content (AvgIpc) is 2.91. The summed E-state index contributed by atoms with van der Waals surface area (Å²) < 4.78 is 0. The molecular formula is C13H16N2O3. The third-order valence-corrected chi connectivity index (χ3v) is 3.37. The molecule has 0 saturated heterocycles. The number of amides is 1. The zero-order valence-corrected chi connectivity index (χ0v) is 10.3. The van der Waals surface area contributed by atoms with Gasteiger partial charge in [0.15, 0.2) is 0 Å². The highest BCUT2D eigenvalue weighted by molar-refractivity contribution is 5.95. The van der Waals surface area contributed by atoms with Gasteiger partial charge in [0.2, 0.25) is 5.91 Å². The lowest BCUT2D eigenvalue weighted by molar-refractivity contribution is -0.121. The summed E-state index contributed by atoms with van der Waals surface area (Å²) in [5.74, 6) is -0.528. The third kappa shape index (κ3) is 2.50. The molecule has 0 unspecified atom stereocenters. The van der Waals surface area contributed by atoms with Gasteiger partial charge in [-0.1, -0.05) is 12.8 Å². The molecule has 0 spiro atoms. The fourth-order valence-electron chi connectivity index (χ4n) is 2.29. The maximum absolute atomic E-state index is 12.2. The Bertz CT molecular complexity index is 467. The van der Waals surface area contributed by atoms with E-state index in [1.54, 1.807) is 7.05 Å². The van der Waals surface area contributed by atoms with E-state index in [1.165, 1.54) is 23.2 Å². The van der Waals surface area contributed by atoms with E-state index in [0.29, 0.717) is 5.82 Å². The zero-order valence-electron chi connectivity index (χ0n) is 10.3. The largest absolute Gasteiger partial charge is 0.478 e. The molecule has 1 aromatic heterocycles. The van der Waals surface area contributed by atoms with Crippen molar-refractivity contribution in [3.8, 4) is 0 Å². The molecule has 18 heavy (non-hydrogen) atoms. The van der Waals surface area contributed by atoms with Crippen LogP contribution in [0.5, 0.6) is 0 Å². The summed E-state index contributed by atoms with van der Waals surface area (Å²) in [5.41, 5.74) is 0.145. The lowest BCUT2D eigenvalue weighted by Crippen LogP contribution is -2.32. The molecule has 0 aromatic carbocycles. The molecule has 96 valence electrons. The smallest absolute Gasteiger partial charge is 0.335 e. The minimum atomic E-state index is -1.01. The molecule has 1 aliphatic carbocycles. The highest BCUT2D eigenvalue weighted by atomic mass is 16.4. The van der Waals surface area contributed by atoms with Crippen molar-refractivity contribution in [3.05, 3.63) is 23.9 Å². The van der Waals surface area contributed by atoms with E-state index < -0.39 is 5.97 Å². The van der Waals surface area contributed by atoms with Gasteiger partial charge in [-0.3, -0.25) is 9.69 Å². The molecule has 5 nitrogen and oxygen atoms in total. The number of pyridine rings is 1. The minimum Gasteiger partial charge on any atom is -0.478 e. The molecule has 0 atom stereocenters. The van der Waals surface area contributed by atoms with Crippen molar-refractivity contribution in [2.45, 2.75) is 25.7 Å². The molecule has 0 radical (unpaired) electrons. The van der Waals surface area contributed by atoms with Crippen LogP contribution in [0.2, 0.25) is 0 Å². The standard InChI is InChI=1S/C13H16N2O3/c1-15(12(16)9-4-2-3-5-9)11-8-10(13(17)18)6-7-14-11/h6-9H,2-5H2,1H3,(H,17,18). The molecule has 5 heteroatoms. The second-order valence-electron chi connectivity index (χ2n) is 4.59.